The Morgan fingerprint density at radius 1 is 1.15 bits per heavy atom. The lowest BCUT2D eigenvalue weighted by Crippen LogP contribution is -2.44. The van der Waals surface area contributed by atoms with Crippen molar-refractivity contribution in [3.63, 3.8) is 0 Å². The van der Waals surface area contributed by atoms with Gasteiger partial charge in [-0.05, 0) is 18.4 Å². The van der Waals surface area contributed by atoms with Gasteiger partial charge < -0.3 is 15.4 Å². The van der Waals surface area contributed by atoms with Crippen molar-refractivity contribution in [3.8, 4) is 0 Å². The molecular weight excluding hydrogens is 350 g/mol. The molecule has 1 aliphatic carbocycles. The first-order valence-electron chi connectivity index (χ1n) is 9.10. The van der Waals surface area contributed by atoms with E-state index in [1.165, 1.54) is 0 Å². The number of nitrogens with zero attached hydrogens (tertiary/aromatic N) is 1. The summed E-state index contributed by atoms with van der Waals surface area (Å²) in [5, 5.41) is 5.41. The monoisotopic (exact) mass is 373 g/mol. The molecule has 1 aliphatic heterocycles. The van der Waals surface area contributed by atoms with Gasteiger partial charge in [0, 0.05) is 13.1 Å². The van der Waals surface area contributed by atoms with Gasteiger partial charge in [-0.3, -0.25) is 19.3 Å². The zero-order valence-electron chi connectivity index (χ0n) is 15.0. The molecule has 0 unspecified atom stereocenters. The van der Waals surface area contributed by atoms with Crippen LogP contribution in [-0.4, -0.2) is 47.4 Å². The van der Waals surface area contributed by atoms with Crippen molar-refractivity contribution in [3.05, 3.63) is 35.9 Å². The lowest BCUT2D eigenvalue weighted by molar-refractivity contribution is -0.149. The molecule has 2 fully saturated rings. The molecule has 1 saturated heterocycles. The number of amides is 4. The minimum atomic E-state index is -0.779. The number of hydrogen-bond donors (Lipinski definition) is 2. The summed E-state index contributed by atoms with van der Waals surface area (Å²) in [4.78, 5) is 49.1. The molecular formula is C19H23N3O5. The molecule has 1 aromatic rings. The molecule has 2 aliphatic rings. The topological polar surface area (TPSA) is 105 Å². The third-order valence-corrected chi connectivity index (χ3v) is 4.94. The van der Waals surface area contributed by atoms with Crippen LogP contribution in [-0.2, 0) is 25.7 Å². The number of carbonyl (C=O) groups is 4. The molecule has 1 heterocycles. The maximum Gasteiger partial charge on any atom is 0.325 e. The van der Waals surface area contributed by atoms with Crippen molar-refractivity contribution in [1.29, 1.82) is 0 Å². The zero-order valence-corrected chi connectivity index (χ0v) is 15.0. The fourth-order valence-corrected chi connectivity index (χ4v) is 3.47. The third kappa shape index (κ3) is 4.45. The average Bonchev–Trinajstić information content (AvgIpc) is 3.23. The lowest BCUT2D eigenvalue weighted by atomic mass is 9.98. The molecule has 4 amide bonds. The molecule has 8 nitrogen and oxygen atoms in total. The fourth-order valence-electron chi connectivity index (χ4n) is 3.47. The van der Waals surface area contributed by atoms with Crippen LogP contribution in [0.3, 0.4) is 0 Å². The molecule has 1 spiro atoms. The van der Waals surface area contributed by atoms with Gasteiger partial charge in [0.15, 0.2) is 6.61 Å². The van der Waals surface area contributed by atoms with Crippen molar-refractivity contribution in [1.82, 2.24) is 15.5 Å². The molecule has 8 heteroatoms. The first-order valence-corrected chi connectivity index (χ1v) is 9.10. The van der Waals surface area contributed by atoms with Crippen LogP contribution < -0.4 is 10.6 Å². The van der Waals surface area contributed by atoms with Crippen molar-refractivity contribution in [2.45, 2.75) is 44.2 Å². The second-order valence-electron chi connectivity index (χ2n) is 6.85. The van der Waals surface area contributed by atoms with Gasteiger partial charge in [-0.1, -0.05) is 43.2 Å². The minimum Gasteiger partial charge on any atom is -0.456 e. The summed E-state index contributed by atoms with van der Waals surface area (Å²) in [5.41, 5.74) is 0.162. The number of imide groups is 1. The van der Waals surface area contributed by atoms with Crippen LogP contribution in [0.15, 0.2) is 30.3 Å². The smallest absolute Gasteiger partial charge is 0.325 e. The predicted molar refractivity (Wildman–Crippen MR) is 95.3 cm³/mol. The van der Waals surface area contributed by atoms with Gasteiger partial charge in [0.25, 0.3) is 11.8 Å². The van der Waals surface area contributed by atoms with Crippen molar-refractivity contribution in [2.75, 3.05) is 13.2 Å². The molecule has 0 bridgehead atoms. The molecule has 144 valence electrons. The zero-order chi connectivity index (χ0) is 19.3. The Hall–Kier alpha value is -2.90. The number of ether oxygens (including phenoxy) is 1. The highest BCUT2D eigenvalue weighted by molar-refractivity contribution is 6.07. The highest BCUT2D eigenvalue weighted by Crippen LogP contribution is 2.34. The van der Waals surface area contributed by atoms with E-state index in [1.807, 2.05) is 30.3 Å². The first-order chi connectivity index (χ1) is 13.0. The largest absolute Gasteiger partial charge is 0.456 e. The van der Waals surface area contributed by atoms with Crippen LogP contribution in [0, 0.1) is 0 Å². The van der Waals surface area contributed by atoms with Crippen molar-refractivity contribution in [2.24, 2.45) is 0 Å². The van der Waals surface area contributed by atoms with E-state index in [0.717, 1.165) is 23.3 Å². The standard InChI is InChI=1S/C19H23N3O5/c23-15(20-12-14-6-2-1-3-7-14)13-27-16(24)8-11-22-17(25)19(21-18(22)26)9-4-5-10-19/h1-3,6-7H,4-5,8-13H2,(H,20,23)(H,21,26). The lowest BCUT2D eigenvalue weighted by Gasteiger charge is -2.19. The Labute approximate surface area is 157 Å². The Bertz CT molecular complexity index is 728. The molecule has 1 aromatic carbocycles. The Morgan fingerprint density at radius 2 is 1.85 bits per heavy atom. The van der Waals surface area contributed by atoms with E-state index in [1.54, 1.807) is 0 Å². The summed E-state index contributed by atoms with van der Waals surface area (Å²) in [6, 6.07) is 8.91. The van der Waals surface area contributed by atoms with Gasteiger partial charge in [-0.2, -0.15) is 0 Å². The van der Waals surface area contributed by atoms with E-state index in [9.17, 15) is 19.2 Å². The van der Waals surface area contributed by atoms with Gasteiger partial charge in [-0.15, -0.1) is 0 Å². The van der Waals surface area contributed by atoms with E-state index in [4.69, 9.17) is 4.74 Å². The Balaban J connectivity index is 1.37. The maximum absolute atomic E-state index is 12.5. The molecule has 27 heavy (non-hydrogen) atoms. The predicted octanol–water partition coefficient (Wildman–Crippen LogP) is 1.10. The Morgan fingerprint density at radius 3 is 2.56 bits per heavy atom. The highest BCUT2D eigenvalue weighted by Gasteiger charge is 2.52. The molecule has 0 radical (unpaired) electrons. The van der Waals surface area contributed by atoms with Crippen LogP contribution in [0.4, 0.5) is 4.79 Å². The van der Waals surface area contributed by atoms with E-state index in [2.05, 4.69) is 10.6 Å². The number of carbonyl (C=O) groups excluding carboxylic acids is 4. The van der Waals surface area contributed by atoms with Crippen LogP contribution in [0.5, 0.6) is 0 Å². The van der Waals surface area contributed by atoms with Gasteiger partial charge in [0.05, 0.1) is 6.42 Å². The van der Waals surface area contributed by atoms with Crippen LogP contribution in [0.1, 0.15) is 37.7 Å². The summed E-state index contributed by atoms with van der Waals surface area (Å²) in [7, 11) is 0. The van der Waals surface area contributed by atoms with Crippen molar-refractivity contribution < 1.29 is 23.9 Å². The van der Waals surface area contributed by atoms with Gasteiger partial charge >= 0.3 is 12.0 Å². The van der Waals surface area contributed by atoms with Crippen LogP contribution >= 0.6 is 0 Å². The summed E-state index contributed by atoms with van der Waals surface area (Å²) in [5.74, 6) is -1.30. The number of urea groups is 1. The van der Waals surface area contributed by atoms with E-state index >= 15 is 0 Å². The molecule has 0 aromatic heterocycles. The van der Waals surface area contributed by atoms with E-state index in [-0.39, 0.29) is 18.9 Å². The average molecular weight is 373 g/mol. The quantitative estimate of drug-likeness (QED) is 0.550. The molecule has 3 rings (SSSR count). The third-order valence-electron chi connectivity index (χ3n) is 4.94. The summed E-state index contributed by atoms with van der Waals surface area (Å²) < 4.78 is 4.92. The van der Waals surface area contributed by atoms with E-state index in [0.29, 0.717) is 19.4 Å². The fraction of sp³-hybridized carbons (Fsp3) is 0.474. The number of benzene rings is 1. The summed E-state index contributed by atoms with van der Waals surface area (Å²) in [6.45, 7) is -0.0889. The SMILES string of the molecule is O=C(COC(=O)CCN1C(=O)NC2(CCCC2)C1=O)NCc1ccccc1. The maximum atomic E-state index is 12.5. The second kappa shape index (κ2) is 8.20. The van der Waals surface area contributed by atoms with Gasteiger partial charge in [0.1, 0.15) is 5.54 Å². The van der Waals surface area contributed by atoms with Gasteiger partial charge in [-0.25, -0.2) is 4.79 Å². The number of nitrogens with one attached hydrogen (secondary N) is 2. The van der Waals surface area contributed by atoms with Crippen LogP contribution in [0.2, 0.25) is 0 Å². The Kier molecular flexibility index (Phi) is 5.73. The number of hydrogen-bond acceptors (Lipinski definition) is 5. The number of esters is 1. The van der Waals surface area contributed by atoms with E-state index < -0.39 is 30.1 Å². The molecule has 2 N–H and O–H groups in total. The highest BCUT2D eigenvalue weighted by atomic mass is 16.5. The summed E-state index contributed by atoms with van der Waals surface area (Å²) in [6.07, 6.45) is 2.95. The van der Waals surface area contributed by atoms with Crippen LogP contribution in [0.25, 0.3) is 0 Å². The normalized spacial score (nSPS) is 17.9. The van der Waals surface area contributed by atoms with Gasteiger partial charge in [0.2, 0.25) is 0 Å². The minimum absolute atomic E-state index is 0.0448. The van der Waals surface area contributed by atoms with Crippen molar-refractivity contribution >= 4 is 23.8 Å². The second-order valence-corrected chi connectivity index (χ2v) is 6.85. The molecule has 0 atom stereocenters. The first kappa shape index (κ1) is 18.9. The molecule has 1 saturated carbocycles. The number of rotatable bonds is 7. The summed E-state index contributed by atoms with van der Waals surface area (Å²) >= 11 is 0.